The highest BCUT2D eigenvalue weighted by Crippen LogP contribution is 2.42. The van der Waals surface area contributed by atoms with E-state index in [0.29, 0.717) is 62.6 Å². The molecule has 9 heterocycles. The molecule has 2 aromatic carbocycles. The third kappa shape index (κ3) is 11.7. The first kappa shape index (κ1) is 50.2. The van der Waals surface area contributed by atoms with E-state index in [4.69, 9.17) is 41.6 Å². The van der Waals surface area contributed by atoms with Gasteiger partial charge in [-0.1, -0.05) is 11.6 Å². The summed E-state index contributed by atoms with van der Waals surface area (Å²) < 4.78 is 10.7. The monoisotopic (exact) mass is 1070 g/mol. The van der Waals surface area contributed by atoms with E-state index >= 15 is 0 Å². The Morgan fingerprint density at radius 1 is 0.519 bits per heavy atom. The lowest BCUT2D eigenvalue weighted by atomic mass is 10.1. The molecule has 3 aliphatic rings. The van der Waals surface area contributed by atoms with Crippen LogP contribution in [-0.4, -0.2) is 96.3 Å². The zero-order chi connectivity index (χ0) is 54.2. The van der Waals surface area contributed by atoms with Crippen LogP contribution < -0.4 is 10.6 Å². The molecule has 0 amide bonds. The number of carboxylic acids is 1. The molecule has 0 radical (unpaired) electrons. The van der Waals surface area contributed by atoms with Crippen molar-refractivity contribution in [1.29, 1.82) is 0 Å². The van der Waals surface area contributed by atoms with Crippen LogP contribution in [0.15, 0.2) is 141 Å². The standard InChI is InChI=1S/C24H24N6O2.C20H16N6O2.C13H10ClN5/c1-24(2,3)32-23(31)16-6-8-17(9-7-16)27-21-13-19(20-14-25-10-11-26-20)28-22-12-18(15-4-5-15)29-30(21)22;27-20(28)13-3-5-14(6-4-13)23-18-10-16(17-11-21-7-8-22-17)24-19-9-15(12-1-2-12)25-26(18)19;14-12-5-10(11-7-15-3-4-16-11)17-13-6-9(8-1-2-8)18-19(12)13/h6-15,27H,4-5H2,1-3H3;3-12,23H,1-2H2,(H,27,28);3-8H,1-2H2. The summed E-state index contributed by atoms with van der Waals surface area (Å²) in [5.41, 5.74) is 11.4. The largest absolute Gasteiger partial charge is 0.478 e. The van der Waals surface area contributed by atoms with Crippen molar-refractivity contribution in [2.45, 2.75) is 82.7 Å². The number of benzene rings is 2. The van der Waals surface area contributed by atoms with E-state index in [1.54, 1.807) is 107 Å². The molecule has 0 bridgehead atoms. The number of fused-ring (bicyclic) bond motifs is 3. The van der Waals surface area contributed by atoms with Crippen LogP contribution in [0.3, 0.4) is 0 Å². The Bertz CT molecular complexity index is 4010. The minimum atomic E-state index is -0.955. The summed E-state index contributed by atoms with van der Waals surface area (Å²) in [4.78, 5) is 62.7. The molecule has 79 heavy (non-hydrogen) atoms. The molecule has 3 fully saturated rings. The Morgan fingerprint density at radius 3 is 1.27 bits per heavy atom. The predicted octanol–water partition coefficient (Wildman–Crippen LogP) is 11.0. The van der Waals surface area contributed by atoms with Gasteiger partial charge in [-0.15, -0.1) is 0 Å². The van der Waals surface area contributed by atoms with Crippen LogP contribution in [0.2, 0.25) is 5.15 Å². The molecule has 0 atom stereocenters. The second kappa shape index (κ2) is 21.1. The summed E-state index contributed by atoms with van der Waals surface area (Å²) in [5.74, 6) is 1.78. The van der Waals surface area contributed by atoms with Gasteiger partial charge in [-0.25, -0.2) is 29.1 Å². The molecule has 3 N–H and O–H groups in total. The second-order valence-corrected chi connectivity index (χ2v) is 20.7. The first-order chi connectivity index (χ1) is 38.3. The van der Waals surface area contributed by atoms with Crippen LogP contribution in [0.5, 0.6) is 0 Å². The molecule has 3 saturated carbocycles. The van der Waals surface area contributed by atoms with Gasteiger partial charge < -0.3 is 20.5 Å². The van der Waals surface area contributed by atoms with E-state index in [9.17, 15) is 9.59 Å². The number of esters is 1. The molecule has 22 heteroatoms. The van der Waals surface area contributed by atoms with Crippen molar-refractivity contribution in [3.63, 3.8) is 0 Å². The number of carboxylic acid groups (broad SMARTS) is 1. The number of anilines is 4. The summed E-state index contributed by atoms with van der Waals surface area (Å²) in [7, 11) is 0. The minimum Gasteiger partial charge on any atom is -0.478 e. The van der Waals surface area contributed by atoms with Crippen molar-refractivity contribution >= 4 is 63.5 Å². The number of carbonyl (C=O) groups is 2. The van der Waals surface area contributed by atoms with Crippen molar-refractivity contribution in [1.82, 2.24) is 73.7 Å². The van der Waals surface area contributed by atoms with Crippen LogP contribution in [-0.2, 0) is 4.74 Å². The maximum Gasteiger partial charge on any atom is 0.338 e. The number of rotatable bonds is 12. The number of hydrogen-bond acceptors (Lipinski definition) is 17. The third-order valence-electron chi connectivity index (χ3n) is 13.0. The summed E-state index contributed by atoms with van der Waals surface area (Å²) in [6.45, 7) is 5.55. The molecule has 3 aliphatic carbocycles. The molecule has 0 aliphatic heterocycles. The van der Waals surface area contributed by atoms with Crippen LogP contribution in [0.25, 0.3) is 51.1 Å². The van der Waals surface area contributed by atoms with E-state index in [1.807, 2.05) is 67.8 Å². The van der Waals surface area contributed by atoms with Crippen LogP contribution in [0.1, 0.15) is 115 Å². The van der Waals surface area contributed by atoms with Gasteiger partial charge in [-0.05, 0) is 108 Å². The smallest absolute Gasteiger partial charge is 0.338 e. The first-order valence-corrected chi connectivity index (χ1v) is 26.1. The Hall–Kier alpha value is -9.63. The molecule has 21 nitrogen and oxygen atoms in total. The normalized spacial score (nSPS) is 14.0. The molecular weight excluding hydrogens is 1020 g/mol. The van der Waals surface area contributed by atoms with Gasteiger partial charge in [0, 0.05) is 103 Å². The summed E-state index contributed by atoms with van der Waals surface area (Å²) in [6, 6.07) is 25.3. The highest BCUT2D eigenvalue weighted by molar-refractivity contribution is 6.30. The maximum atomic E-state index is 12.3. The molecule has 14 rings (SSSR count). The molecular formula is C57H50ClN17O4. The van der Waals surface area contributed by atoms with Crippen LogP contribution in [0, 0.1) is 0 Å². The van der Waals surface area contributed by atoms with Gasteiger partial charge in [-0.2, -0.15) is 24.3 Å². The van der Waals surface area contributed by atoms with Gasteiger partial charge in [-0.3, -0.25) is 29.9 Å². The van der Waals surface area contributed by atoms with E-state index in [2.05, 4.69) is 50.6 Å². The van der Waals surface area contributed by atoms with E-state index in [0.717, 1.165) is 82.7 Å². The second-order valence-electron chi connectivity index (χ2n) is 20.3. The van der Waals surface area contributed by atoms with Gasteiger partial charge in [0.25, 0.3) is 0 Å². The van der Waals surface area contributed by atoms with Gasteiger partial charge >= 0.3 is 11.9 Å². The first-order valence-electron chi connectivity index (χ1n) is 25.7. The molecule has 0 unspecified atom stereocenters. The van der Waals surface area contributed by atoms with Crippen molar-refractivity contribution in [3.05, 3.63) is 174 Å². The number of nitrogens with one attached hydrogen (secondary N) is 2. The highest BCUT2D eigenvalue weighted by atomic mass is 35.5. The lowest BCUT2D eigenvalue weighted by Crippen LogP contribution is -2.23. The average Bonchev–Trinajstić information content (AvgIpc) is 4.55. The Morgan fingerprint density at radius 2 is 0.899 bits per heavy atom. The van der Waals surface area contributed by atoms with E-state index in [1.165, 1.54) is 12.8 Å². The molecule has 9 aromatic heterocycles. The maximum absolute atomic E-state index is 12.3. The van der Waals surface area contributed by atoms with Crippen molar-refractivity contribution < 1.29 is 19.4 Å². The fraction of sp³-hybridized carbons (Fsp3) is 0.228. The fourth-order valence-electron chi connectivity index (χ4n) is 8.56. The van der Waals surface area contributed by atoms with E-state index < -0.39 is 11.6 Å². The van der Waals surface area contributed by atoms with Gasteiger partial charge in [0.05, 0.1) is 63.9 Å². The fourth-order valence-corrected chi connectivity index (χ4v) is 8.79. The number of carbonyl (C=O) groups excluding carboxylic acids is 1. The summed E-state index contributed by atoms with van der Waals surface area (Å²) in [5, 5.41) is 30.3. The van der Waals surface area contributed by atoms with Crippen LogP contribution in [0.4, 0.5) is 23.0 Å². The van der Waals surface area contributed by atoms with Crippen molar-refractivity contribution in [2.24, 2.45) is 0 Å². The molecule has 11 aromatic rings. The Kier molecular flexibility index (Phi) is 13.4. The zero-order valence-corrected chi connectivity index (χ0v) is 43.8. The number of aromatic nitrogens is 15. The zero-order valence-electron chi connectivity index (χ0n) is 43.0. The minimum absolute atomic E-state index is 0.237. The van der Waals surface area contributed by atoms with Gasteiger partial charge in [0.2, 0.25) is 0 Å². The lowest BCUT2D eigenvalue weighted by Gasteiger charge is -2.19. The predicted molar refractivity (Wildman–Crippen MR) is 295 cm³/mol. The van der Waals surface area contributed by atoms with E-state index in [-0.39, 0.29) is 11.5 Å². The number of halogens is 1. The number of ether oxygens (including phenoxy) is 1. The lowest BCUT2D eigenvalue weighted by molar-refractivity contribution is 0.00692. The number of nitrogens with zero attached hydrogens (tertiary/aromatic N) is 15. The summed E-state index contributed by atoms with van der Waals surface area (Å²) in [6.07, 6.45) is 21.9. The third-order valence-corrected chi connectivity index (χ3v) is 13.2. The molecule has 394 valence electrons. The van der Waals surface area contributed by atoms with Crippen molar-refractivity contribution in [3.8, 4) is 34.2 Å². The molecule has 0 saturated heterocycles. The average molecular weight is 1070 g/mol. The topological polar surface area (TPSA) is 256 Å². The Balaban J connectivity index is 0.000000122. The Labute approximate surface area is 456 Å². The van der Waals surface area contributed by atoms with Crippen molar-refractivity contribution in [2.75, 3.05) is 10.6 Å². The SMILES string of the molecule is CC(C)(C)OC(=O)c1ccc(Nc2cc(-c3cnccn3)nc3cc(C4CC4)nn23)cc1.Clc1cc(-c2cnccn2)nc2cc(C3CC3)nn12.O=C(O)c1ccc(Nc2cc(-c3cnccn3)nc3cc(C4CC4)nn23)cc1. The molecule has 0 spiro atoms. The number of aromatic carboxylic acids is 1. The summed E-state index contributed by atoms with van der Waals surface area (Å²) >= 11 is 6.26. The van der Waals surface area contributed by atoms with Gasteiger partial charge in [0.15, 0.2) is 16.9 Å². The number of hydrogen-bond donors (Lipinski definition) is 3. The quantitative estimate of drug-likeness (QED) is 0.0759. The van der Waals surface area contributed by atoms with Gasteiger partial charge in [0.1, 0.15) is 39.5 Å². The highest BCUT2D eigenvalue weighted by Gasteiger charge is 2.30. The van der Waals surface area contributed by atoms with Crippen LogP contribution >= 0.6 is 11.6 Å².